The number of hydrogen-bond donors (Lipinski definition) is 2. The van der Waals surface area contributed by atoms with Gasteiger partial charge >= 0.3 is 0 Å². The van der Waals surface area contributed by atoms with Crippen molar-refractivity contribution in [2.45, 2.75) is 12.8 Å². The summed E-state index contributed by atoms with van der Waals surface area (Å²) in [7, 11) is 0. The fourth-order valence-electron chi connectivity index (χ4n) is 2.52. The zero-order valence-corrected chi connectivity index (χ0v) is 15.5. The number of carbonyl (C=O) groups excluding carboxylic acids is 2. The minimum atomic E-state index is -0.596. The summed E-state index contributed by atoms with van der Waals surface area (Å²) in [6.07, 6.45) is 0.733. The molecule has 0 fully saturated rings. The predicted molar refractivity (Wildman–Crippen MR) is 104 cm³/mol. The maximum absolute atomic E-state index is 13.3. The van der Waals surface area contributed by atoms with Gasteiger partial charge in [-0.2, -0.15) is 0 Å². The lowest BCUT2D eigenvalue weighted by atomic mass is 10.2. The molecule has 2 N–H and O–H groups in total. The fourth-order valence-corrected chi connectivity index (χ4v) is 2.83. The van der Waals surface area contributed by atoms with Crippen LogP contribution in [-0.4, -0.2) is 17.7 Å². The van der Waals surface area contributed by atoms with Gasteiger partial charge in [0.15, 0.2) is 0 Å². The molecule has 0 bridgehead atoms. The highest BCUT2D eigenvalue weighted by Gasteiger charge is 2.22. The molecule has 0 aliphatic rings. The number of alkyl halides is 1. The molecule has 0 spiro atoms. The Morgan fingerprint density at radius 3 is 2.63 bits per heavy atom. The lowest BCUT2D eigenvalue weighted by Crippen LogP contribution is -2.17. The molecule has 1 aromatic heterocycles. The van der Waals surface area contributed by atoms with Gasteiger partial charge in [-0.25, -0.2) is 4.39 Å². The number of para-hydroxylation sites is 1. The molecule has 140 valence electrons. The number of carbonyl (C=O) groups is 2. The Bertz CT molecular complexity index is 1000. The van der Waals surface area contributed by atoms with Crippen LogP contribution in [0.25, 0.3) is 11.0 Å². The van der Waals surface area contributed by atoms with Crippen molar-refractivity contribution in [3.63, 3.8) is 0 Å². The zero-order chi connectivity index (χ0) is 19.4. The van der Waals surface area contributed by atoms with Crippen LogP contribution in [0, 0.1) is 5.82 Å². The second kappa shape index (κ2) is 8.41. The van der Waals surface area contributed by atoms with E-state index >= 15 is 0 Å². The molecule has 1 heterocycles. The number of nitrogens with one attached hydrogen (secondary N) is 2. The van der Waals surface area contributed by atoms with Gasteiger partial charge in [0.2, 0.25) is 11.7 Å². The average Bonchev–Trinajstić information content (AvgIpc) is 3.02. The summed E-state index contributed by atoms with van der Waals surface area (Å²) in [6, 6.07) is 10.8. The summed E-state index contributed by atoms with van der Waals surface area (Å²) < 4.78 is 18.9. The maximum Gasteiger partial charge on any atom is 0.293 e. The van der Waals surface area contributed by atoms with Gasteiger partial charge in [0.25, 0.3) is 5.91 Å². The summed E-state index contributed by atoms with van der Waals surface area (Å²) in [4.78, 5) is 24.8. The first-order chi connectivity index (χ1) is 13.0. The van der Waals surface area contributed by atoms with Crippen molar-refractivity contribution in [1.29, 1.82) is 0 Å². The van der Waals surface area contributed by atoms with Gasteiger partial charge in [0, 0.05) is 23.4 Å². The summed E-state index contributed by atoms with van der Waals surface area (Å²) in [5, 5.41) is 5.78. The van der Waals surface area contributed by atoms with Gasteiger partial charge in [-0.15, -0.1) is 11.6 Å². The number of anilines is 2. The number of furan rings is 1. The number of hydrogen-bond acceptors (Lipinski definition) is 3. The molecule has 0 unspecified atom stereocenters. The molecular formula is C19H15Cl2FN2O3. The van der Waals surface area contributed by atoms with E-state index in [1.165, 1.54) is 12.1 Å². The van der Waals surface area contributed by atoms with Crippen molar-refractivity contribution in [2.24, 2.45) is 0 Å². The summed E-state index contributed by atoms with van der Waals surface area (Å²) in [5.74, 6) is -1.16. The first kappa shape index (κ1) is 19.2. The molecule has 5 nitrogen and oxygen atoms in total. The Morgan fingerprint density at radius 1 is 1.11 bits per heavy atom. The van der Waals surface area contributed by atoms with E-state index in [-0.39, 0.29) is 28.8 Å². The first-order valence-electron chi connectivity index (χ1n) is 8.13. The van der Waals surface area contributed by atoms with Gasteiger partial charge in [0.05, 0.1) is 5.02 Å². The number of benzene rings is 2. The third kappa shape index (κ3) is 4.40. The summed E-state index contributed by atoms with van der Waals surface area (Å²) >= 11 is 11.4. The van der Waals surface area contributed by atoms with Crippen molar-refractivity contribution in [2.75, 3.05) is 16.5 Å². The quantitative estimate of drug-likeness (QED) is 0.533. The number of amides is 2. The highest BCUT2D eigenvalue weighted by atomic mass is 35.5. The van der Waals surface area contributed by atoms with Gasteiger partial charge in [-0.05, 0) is 36.8 Å². The molecule has 0 saturated heterocycles. The normalized spacial score (nSPS) is 10.8. The molecule has 2 aromatic carbocycles. The van der Waals surface area contributed by atoms with Crippen LogP contribution in [0.4, 0.5) is 15.8 Å². The molecule has 0 aliphatic heterocycles. The van der Waals surface area contributed by atoms with E-state index in [1.54, 1.807) is 24.3 Å². The van der Waals surface area contributed by atoms with Gasteiger partial charge in [-0.1, -0.05) is 23.7 Å². The van der Waals surface area contributed by atoms with Crippen LogP contribution in [0.15, 0.2) is 46.9 Å². The van der Waals surface area contributed by atoms with Crippen LogP contribution in [0.2, 0.25) is 5.02 Å². The van der Waals surface area contributed by atoms with Crippen LogP contribution in [0.3, 0.4) is 0 Å². The molecule has 3 aromatic rings. The molecule has 2 amide bonds. The zero-order valence-electron chi connectivity index (χ0n) is 14.0. The van der Waals surface area contributed by atoms with Crippen LogP contribution < -0.4 is 10.6 Å². The molecule has 3 rings (SSSR count). The predicted octanol–water partition coefficient (Wildman–Crippen LogP) is 5.44. The van der Waals surface area contributed by atoms with Gasteiger partial charge < -0.3 is 15.1 Å². The van der Waals surface area contributed by atoms with E-state index in [1.807, 2.05) is 0 Å². The van der Waals surface area contributed by atoms with E-state index in [0.29, 0.717) is 29.0 Å². The standard InChI is InChI=1S/C19H15Cl2FN2O3/c20-9-3-6-16(25)24-17-12-4-1-2-5-15(12)27-18(17)19(26)23-11-7-8-14(22)13(21)10-11/h1-2,4-5,7-8,10H,3,6,9H2,(H,23,26)(H,24,25). The second-order valence-electron chi connectivity index (χ2n) is 5.73. The van der Waals surface area contributed by atoms with Crippen molar-refractivity contribution in [3.8, 4) is 0 Å². The molecular weight excluding hydrogens is 394 g/mol. The molecule has 0 aliphatic carbocycles. The largest absolute Gasteiger partial charge is 0.449 e. The first-order valence-corrected chi connectivity index (χ1v) is 9.04. The SMILES string of the molecule is O=C(CCCCl)Nc1c(C(=O)Nc2ccc(F)c(Cl)c2)oc2ccccc12. The monoisotopic (exact) mass is 408 g/mol. The minimum Gasteiger partial charge on any atom is -0.449 e. The minimum absolute atomic E-state index is 0.0594. The summed E-state index contributed by atoms with van der Waals surface area (Å²) in [5.41, 5.74) is 1.02. The van der Waals surface area contributed by atoms with Crippen molar-refractivity contribution in [1.82, 2.24) is 0 Å². The highest BCUT2D eigenvalue weighted by Crippen LogP contribution is 2.32. The molecule has 27 heavy (non-hydrogen) atoms. The Balaban J connectivity index is 1.92. The van der Waals surface area contributed by atoms with E-state index in [2.05, 4.69) is 10.6 Å². The smallest absolute Gasteiger partial charge is 0.293 e. The van der Waals surface area contributed by atoms with Crippen LogP contribution >= 0.6 is 23.2 Å². The molecule has 0 radical (unpaired) electrons. The van der Waals surface area contributed by atoms with E-state index in [9.17, 15) is 14.0 Å². The van der Waals surface area contributed by atoms with E-state index in [0.717, 1.165) is 6.07 Å². The van der Waals surface area contributed by atoms with E-state index < -0.39 is 11.7 Å². The second-order valence-corrected chi connectivity index (χ2v) is 6.51. The number of halogens is 3. The fraction of sp³-hybridized carbons (Fsp3) is 0.158. The van der Waals surface area contributed by atoms with Crippen molar-refractivity contribution in [3.05, 3.63) is 59.1 Å². The highest BCUT2D eigenvalue weighted by molar-refractivity contribution is 6.31. The summed E-state index contributed by atoms with van der Waals surface area (Å²) in [6.45, 7) is 0. The van der Waals surface area contributed by atoms with Gasteiger partial charge in [0.1, 0.15) is 17.1 Å². The van der Waals surface area contributed by atoms with Crippen LogP contribution in [-0.2, 0) is 4.79 Å². The molecule has 8 heteroatoms. The number of rotatable bonds is 6. The third-order valence-electron chi connectivity index (χ3n) is 3.78. The van der Waals surface area contributed by atoms with Crippen molar-refractivity contribution >= 4 is 57.4 Å². The van der Waals surface area contributed by atoms with Crippen molar-refractivity contribution < 1.29 is 18.4 Å². The molecule has 0 saturated carbocycles. The third-order valence-corrected chi connectivity index (χ3v) is 4.34. The lowest BCUT2D eigenvalue weighted by molar-refractivity contribution is -0.116. The molecule has 0 atom stereocenters. The van der Waals surface area contributed by atoms with Crippen LogP contribution in [0.1, 0.15) is 23.4 Å². The van der Waals surface area contributed by atoms with Crippen LogP contribution in [0.5, 0.6) is 0 Å². The Morgan fingerprint density at radius 2 is 1.89 bits per heavy atom. The Hall–Kier alpha value is -2.57. The Labute approximate surface area is 164 Å². The topological polar surface area (TPSA) is 71.3 Å². The average molecular weight is 409 g/mol. The Kier molecular flexibility index (Phi) is 5.98. The number of fused-ring (bicyclic) bond motifs is 1. The lowest BCUT2D eigenvalue weighted by Gasteiger charge is -2.07. The van der Waals surface area contributed by atoms with E-state index in [4.69, 9.17) is 27.6 Å². The van der Waals surface area contributed by atoms with Gasteiger partial charge in [-0.3, -0.25) is 9.59 Å². The maximum atomic E-state index is 13.3.